The van der Waals surface area contributed by atoms with Crippen LogP contribution in [0.15, 0.2) is 55.0 Å². The van der Waals surface area contributed by atoms with Gasteiger partial charge in [-0.2, -0.15) is 10.2 Å². The van der Waals surface area contributed by atoms with Crippen LogP contribution in [0.5, 0.6) is 0 Å². The smallest absolute Gasteiger partial charge is 0.251 e. The number of aliphatic hydroxyl groups is 1. The minimum Gasteiger partial charge on any atom is -0.390 e. The van der Waals surface area contributed by atoms with E-state index in [4.69, 9.17) is 0 Å². The maximum Gasteiger partial charge on any atom is 0.251 e. The molecule has 1 amide bonds. The maximum atomic E-state index is 15.6. The van der Waals surface area contributed by atoms with E-state index in [0.717, 1.165) is 60.6 Å². The van der Waals surface area contributed by atoms with Crippen LogP contribution in [-0.4, -0.2) is 67.0 Å². The third-order valence-corrected chi connectivity index (χ3v) is 10.3. The quantitative estimate of drug-likeness (QED) is 0.217. The molecule has 2 N–H and O–H groups in total. The highest BCUT2D eigenvalue weighted by molar-refractivity contribution is 5.98. The van der Waals surface area contributed by atoms with Gasteiger partial charge in [0.15, 0.2) is 0 Å². The van der Waals surface area contributed by atoms with E-state index in [9.17, 15) is 9.90 Å². The molecule has 10 heteroatoms. The number of carbonyl (C=O) groups excluding carboxylic acids is 1. The van der Waals surface area contributed by atoms with Crippen LogP contribution in [-0.2, 0) is 12.8 Å². The van der Waals surface area contributed by atoms with Crippen LogP contribution >= 0.6 is 0 Å². The number of aryl methyl sites for hydroxylation is 1. The number of piperidine rings is 1. The third-order valence-electron chi connectivity index (χ3n) is 10.3. The molecule has 2 atom stereocenters. The Kier molecular flexibility index (Phi) is 9.36. The summed E-state index contributed by atoms with van der Waals surface area (Å²) in [4.78, 5) is 25.3. The van der Waals surface area contributed by atoms with Crippen LogP contribution in [0.25, 0.3) is 22.2 Å². The largest absolute Gasteiger partial charge is 0.390 e. The zero-order valence-corrected chi connectivity index (χ0v) is 27.6. The summed E-state index contributed by atoms with van der Waals surface area (Å²) in [6, 6.07) is 9.99. The Labute approximate surface area is 275 Å². The average Bonchev–Trinajstić information content (AvgIpc) is 3.06. The molecule has 1 aromatic carbocycles. The summed E-state index contributed by atoms with van der Waals surface area (Å²) in [6.07, 6.45) is 8.52. The first-order valence-corrected chi connectivity index (χ1v) is 16.7. The highest BCUT2D eigenvalue weighted by atomic mass is 19.1. The fourth-order valence-electron chi connectivity index (χ4n) is 7.01. The zero-order valence-electron chi connectivity index (χ0n) is 27.6. The second kappa shape index (κ2) is 13.3. The van der Waals surface area contributed by atoms with Crippen molar-refractivity contribution < 1.29 is 18.7 Å². The minimum atomic E-state index is -1.33. The Morgan fingerprint density at radius 1 is 1.13 bits per heavy atom. The van der Waals surface area contributed by atoms with Crippen molar-refractivity contribution in [3.63, 3.8) is 0 Å². The summed E-state index contributed by atoms with van der Waals surface area (Å²) in [5, 5.41) is 21.9. The number of alkyl halides is 1. The van der Waals surface area contributed by atoms with Gasteiger partial charge in [-0.3, -0.25) is 9.78 Å². The van der Waals surface area contributed by atoms with Crippen molar-refractivity contribution in [3.8, 4) is 11.3 Å². The van der Waals surface area contributed by atoms with Crippen molar-refractivity contribution in [2.45, 2.75) is 83.5 Å². The van der Waals surface area contributed by atoms with Crippen LogP contribution in [0.2, 0.25) is 0 Å². The Balaban J connectivity index is 1.23. The van der Waals surface area contributed by atoms with E-state index in [2.05, 4.69) is 30.4 Å². The van der Waals surface area contributed by atoms with Gasteiger partial charge in [-0.25, -0.2) is 13.8 Å². The van der Waals surface area contributed by atoms with Gasteiger partial charge in [0.1, 0.15) is 17.0 Å². The Morgan fingerprint density at radius 3 is 2.57 bits per heavy atom. The molecule has 1 fully saturated rings. The van der Waals surface area contributed by atoms with E-state index >= 15 is 8.78 Å². The summed E-state index contributed by atoms with van der Waals surface area (Å²) < 4.78 is 31.0. The van der Waals surface area contributed by atoms with Gasteiger partial charge in [-0.1, -0.05) is 19.9 Å². The molecular weight excluding hydrogens is 598 g/mol. The van der Waals surface area contributed by atoms with E-state index < -0.39 is 23.0 Å². The summed E-state index contributed by atoms with van der Waals surface area (Å²) in [5.74, 6) is -0.864. The molecule has 248 valence electrons. The van der Waals surface area contributed by atoms with Crippen LogP contribution in [0.1, 0.15) is 86.6 Å². The molecule has 6 rings (SSSR count). The van der Waals surface area contributed by atoms with Gasteiger partial charge >= 0.3 is 0 Å². The van der Waals surface area contributed by atoms with Crippen molar-refractivity contribution in [2.24, 2.45) is 11.8 Å². The van der Waals surface area contributed by atoms with Gasteiger partial charge in [-0.15, -0.1) is 0 Å². The SMILES string of the molecule is CC(C)[C@]1(F)CCc2nc3c(F)cc(C(=O)N[C@H](CCN4CCC(C(C)(C)O)CC4)c4ccc(-c5ccnnc5)nc4)cc3cc2C1. The number of carbonyl (C=O) groups is 1. The molecule has 1 saturated heterocycles. The Morgan fingerprint density at radius 2 is 1.91 bits per heavy atom. The predicted octanol–water partition coefficient (Wildman–Crippen LogP) is 6.42. The number of rotatable bonds is 9. The lowest BCUT2D eigenvalue weighted by atomic mass is 9.77. The topological polar surface area (TPSA) is 104 Å². The molecule has 8 nitrogen and oxygen atoms in total. The van der Waals surface area contributed by atoms with Crippen LogP contribution in [0.3, 0.4) is 0 Å². The highest BCUT2D eigenvalue weighted by Crippen LogP contribution is 2.38. The number of benzene rings is 1. The number of hydrogen-bond donors (Lipinski definition) is 2. The first kappa shape index (κ1) is 33.0. The molecule has 4 aromatic rings. The molecule has 4 heterocycles. The van der Waals surface area contributed by atoms with Gasteiger partial charge in [0.2, 0.25) is 0 Å². The fraction of sp³-hybridized carbons (Fsp3) is 0.486. The van der Waals surface area contributed by atoms with E-state index in [-0.39, 0.29) is 35.4 Å². The number of aromatic nitrogens is 4. The van der Waals surface area contributed by atoms with E-state index in [1.807, 2.05) is 45.9 Å². The van der Waals surface area contributed by atoms with Gasteiger partial charge in [0, 0.05) is 41.4 Å². The normalized spacial score (nSPS) is 19.9. The molecule has 3 aromatic heterocycles. The molecule has 2 aliphatic rings. The lowest BCUT2D eigenvalue weighted by Gasteiger charge is -2.38. The van der Waals surface area contributed by atoms with Crippen molar-refractivity contribution in [1.82, 2.24) is 30.4 Å². The summed E-state index contributed by atoms with van der Waals surface area (Å²) in [6.45, 7) is 9.99. The molecule has 0 spiro atoms. The number of likely N-dealkylation sites (tertiary alicyclic amines) is 1. The van der Waals surface area contributed by atoms with Crippen LogP contribution in [0, 0.1) is 17.7 Å². The monoisotopic (exact) mass is 642 g/mol. The van der Waals surface area contributed by atoms with E-state index in [0.29, 0.717) is 24.6 Å². The van der Waals surface area contributed by atoms with Gasteiger partial charge < -0.3 is 15.3 Å². The second-order valence-corrected chi connectivity index (χ2v) is 14.2. The summed E-state index contributed by atoms with van der Waals surface area (Å²) in [5.41, 5.74) is 2.27. The molecule has 0 bridgehead atoms. The number of halogens is 2. The maximum absolute atomic E-state index is 15.6. The highest BCUT2D eigenvalue weighted by Gasteiger charge is 2.38. The molecular formula is C37H44F2N6O2. The number of hydrogen-bond acceptors (Lipinski definition) is 7. The lowest BCUT2D eigenvalue weighted by Crippen LogP contribution is -2.42. The van der Waals surface area contributed by atoms with Crippen molar-refractivity contribution >= 4 is 16.8 Å². The van der Waals surface area contributed by atoms with Crippen molar-refractivity contribution in [1.29, 1.82) is 0 Å². The number of nitrogens with zero attached hydrogens (tertiary/aromatic N) is 5. The zero-order chi connectivity index (χ0) is 33.3. The molecule has 47 heavy (non-hydrogen) atoms. The molecule has 1 aliphatic carbocycles. The first-order chi connectivity index (χ1) is 22.4. The molecule has 0 unspecified atom stereocenters. The summed E-state index contributed by atoms with van der Waals surface area (Å²) in [7, 11) is 0. The van der Waals surface area contributed by atoms with Crippen LogP contribution < -0.4 is 5.32 Å². The van der Waals surface area contributed by atoms with E-state index in [1.165, 1.54) is 6.07 Å². The number of fused-ring (bicyclic) bond motifs is 2. The van der Waals surface area contributed by atoms with Crippen molar-refractivity contribution in [3.05, 3.63) is 83.2 Å². The third kappa shape index (κ3) is 7.33. The number of nitrogens with one attached hydrogen (secondary N) is 1. The Bertz CT molecular complexity index is 1720. The van der Waals surface area contributed by atoms with Gasteiger partial charge in [0.05, 0.1) is 29.7 Å². The molecule has 0 saturated carbocycles. The lowest BCUT2D eigenvalue weighted by molar-refractivity contribution is -0.0129. The number of pyridine rings is 2. The minimum absolute atomic E-state index is 0.144. The number of amides is 1. The van der Waals surface area contributed by atoms with Crippen molar-refractivity contribution in [2.75, 3.05) is 19.6 Å². The van der Waals surface area contributed by atoms with E-state index in [1.54, 1.807) is 30.7 Å². The van der Waals surface area contributed by atoms with Gasteiger partial charge in [0.25, 0.3) is 5.91 Å². The molecule has 0 radical (unpaired) electrons. The average molecular weight is 643 g/mol. The first-order valence-electron chi connectivity index (χ1n) is 16.7. The van der Waals surface area contributed by atoms with Crippen LogP contribution in [0.4, 0.5) is 8.78 Å². The Hall–Kier alpha value is -3.89. The predicted molar refractivity (Wildman–Crippen MR) is 178 cm³/mol. The standard InChI is InChI=1S/C37H44F2N6O2/c1-23(2)37(39)12-7-32-28(20-37)18-26-17-27(19-30(38)34(26)43-32)35(46)44-33(11-16-45-14-9-29(10-15-45)36(3,4)47)24-5-6-31(40-21-24)25-8-13-41-42-22-25/h5-6,8,13,17-19,21-23,29,33,47H,7,9-12,14-16,20H2,1-4H3,(H,44,46)/t33-,37+/m1/s1. The fourth-order valence-corrected chi connectivity index (χ4v) is 7.01. The second-order valence-electron chi connectivity index (χ2n) is 14.2. The summed E-state index contributed by atoms with van der Waals surface area (Å²) >= 11 is 0. The molecule has 1 aliphatic heterocycles. The van der Waals surface area contributed by atoms with Gasteiger partial charge in [-0.05, 0) is 112 Å².